The molecule has 2 bridgehead atoms. The van der Waals surface area contributed by atoms with Crippen molar-refractivity contribution in [2.75, 3.05) is 19.7 Å². The summed E-state index contributed by atoms with van der Waals surface area (Å²) in [5.41, 5.74) is 0.495. The van der Waals surface area contributed by atoms with Crippen LogP contribution in [0.5, 0.6) is 0 Å². The van der Waals surface area contributed by atoms with Gasteiger partial charge in [-0.1, -0.05) is 23.7 Å². The van der Waals surface area contributed by atoms with Gasteiger partial charge in [-0.3, -0.25) is 4.79 Å². The smallest absolute Gasteiger partial charge is 0.410 e. The fourth-order valence-electron chi connectivity index (χ4n) is 4.03. The molecule has 3 atom stereocenters. The number of amides is 2. The first kappa shape index (κ1) is 19.0. The molecule has 7 heteroatoms. The molecule has 0 radical (unpaired) electrons. The number of hydrogen-bond donors (Lipinski definition) is 2. The standard InChI is InChI=1S/C19H26ClN3O3/c1-2-26-19(25)23-14-7-8-15(23)12-13(11-14)21-9-10-22-18(24)16-5-3-4-6-17(16)20/h3-6,13-15,21H,2,7-12H2,1H3,(H,22,24)/t13?,14-,15+. The fraction of sp³-hybridized carbons (Fsp3) is 0.579. The summed E-state index contributed by atoms with van der Waals surface area (Å²) in [4.78, 5) is 26.1. The molecule has 2 saturated heterocycles. The van der Waals surface area contributed by atoms with E-state index in [1.54, 1.807) is 24.3 Å². The molecular formula is C19H26ClN3O3. The molecule has 0 aromatic heterocycles. The second kappa shape index (κ2) is 8.73. The van der Waals surface area contributed by atoms with Crippen LogP contribution in [0.1, 0.15) is 43.0 Å². The van der Waals surface area contributed by atoms with Crippen molar-refractivity contribution in [1.29, 1.82) is 0 Å². The Balaban J connectivity index is 1.41. The summed E-state index contributed by atoms with van der Waals surface area (Å²) in [6.45, 7) is 3.49. The van der Waals surface area contributed by atoms with E-state index in [1.807, 2.05) is 11.8 Å². The lowest BCUT2D eigenvalue weighted by Gasteiger charge is -2.38. The Morgan fingerprint density at radius 2 is 1.88 bits per heavy atom. The molecule has 1 unspecified atom stereocenters. The Kier molecular flexibility index (Phi) is 6.38. The van der Waals surface area contributed by atoms with E-state index < -0.39 is 0 Å². The van der Waals surface area contributed by atoms with Crippen LogP contribution in [0.4, 0.5) is 4.79 Å². The molecule has 142 valence electrons. The highest BCUT2D eigenvalue weighted by atomic mass is 35.5. The van der Waals surface area contributed by atoms with Gasteiger partial charge in [-0.15, -0.1) is 0 Å². The maximum absolute atomic E-state index is 12.1. The number of piperidine rings is 1. The molecule has 2 aliphatic rings. The molecule has 2 aliphatic heterocycles. The van der Waals surface area contributed by atoms with E-state index in [-0.39, 0.29) is 24.1 Å². The number of benzene rings is 1. The molecular weight excluding hydrogens is 354 g/mol. The number of hydrogen-bond acceptors (Lipinski definition) is 4. The van der Waals surface area contributed by atoms with Gasteiger partial charge in [-0.05, 0) is 44.7 Å². The van der Waals surface area contributed by atoms with Crippen LogP contribution >= 0.6 is 11.6 Å². The first-order valence-electron chi connectivity index (χ1n) is 9.31. The Hall–Kier alpha value is -1.79. The largest absolute Gasteiger partial charge is 0.450 e. The van der Waals surface area contributed by atoms with Gasteiger partial charge in [-0.25, -0.2) is 4.79 Å². The van der Waals surface area contributed by atoms with E-state index in [4.69, 9.17) is 16.3 Å². The molecule has 1 aromatic rings. The van der Waals surface area contributed by atoms with Gasteiger partial charge in [0.15, 0.2) is 0 Å². The predicted octanol–water partition coefficient (Wildman–Crippen LogP) is 2.81. The van der Waals surface area contributed by atoms with E-state index in [9.17, 15) is 9.59 Å². The van der Waals surface area contributed by atoms with Gasteiger partial charge in [-0.2, -0.15) is 0 Å². The van der Waals surface area contributed by atoms with Gasteiger partial charge in [0.1, 0.15) is 0 Å². The van der Waals surface area contributed by atoms with Crippen molar-refractivity contribution >= 4 is 23.6 Å². The number of carbonyl (C=O) groups excluding carboxylic acids is 2. The zero-order valence-corrected chi connectivity index (χ0v) is 15.8. The number of halogens is 1. The lowest BCUT2D eigenvalue weighted by atomic mass is 9.98. The molecule has 1 aromatic carbocycles. The monoisotopic (exact) mass is 379 g/mol. The van der Waals surface area contributed by atoms with Crippen molar-refractivity contribution in [2.45, 2.75) is 50.7 Å². The number of fused-ring (bicyclic) bond motifs is 2. The van der Waals surface area contributed by atoms with Crippen LogP contribution in [-0.2, 0) is 4.74 Å². The zero-order valence-electron chi connectivity index (χ0n) is 15.0. The quantitative estimate of drug-likeness (QED) is 0.745. The highest BCUT2D eigenvalue weighted by Crippen LogP contribution is 2.36. The van der Waals surface area contributed by atoms with E-state index in [2.05, 4.69) is 10.6 Å². The van der Waals surface area contributed by atoms with Gasteiger partial charge in [0, 0.05) is 31.2 Å². The molecule has 0 aliphatic carbocycles. The summed E-state index contributed by atoms with van der Waals surface area (Å²) in [5, 5.41) is 6.86. The third-order valence-electron chi connectivity index (χ3n) is 5.17. The maximum atomic E-state index is 12.1. The maximum Gasteiger partial charge on any atom is 0.410 e. The fourth-order valence-corrected chi connectivity index (χ4v) is 4.25. The lowest BCUT2D eigenvalue weighted by Crippen LogP contribution is -2.52. The number of ether oxygens (including phenoxy) is 1. The van der Waals surface area contributed by atoms with Gasteiger partial charge < -0.3 is 20.3 Å². The molecule has 2 N–H and O–H groups in total. The highest BCUT2D eigenvalue weighted by Gasteiger charge is 2.43. The van der Waals surface area contributed by atoms with Gasteiger partial charge in [0.2, 0.25) is 0 Å². The van der Waals surface area contributed by atoms with Crippen molar-refractivity contribution < 1.29 is 14.3 Å². The molecule has 26 heavy (non-hydrogen) atoms. The minimum Gasteiger partial charge on any atom is -0.450 e. The lowest BCUT2D eigenvalue weighted by molar-refractivity contribution is 0.0659. The Morgan fingerprint density at radius 3 is 2.54 bits per heavy atom. The summed E-state index contributed by atoms with van der Waals surface area (Å²) in [6.07, 6.45) is 3.79. The number of nitrogens with one attached hydrogen (secondary N) is 2. The molecule has 2 amide bonds. The molecule has 2 heterocycles. The van der Waals surface area contributed by atoms with E-state index in [1.165, 1.54) is 0 Å². The summed E-state index contributed by atoms with van der Waals surface area (Å²) < 4.78 is 5.18. The molecule has 6 nitrogen and oxygen atoms in total. The van der Waals surface area contributed by atoms with Crippen molar-refractivity contribution in [3.63, 3.8) is 0 Å². The van der Waals surface area contributed by atoms with Crippen LogP contribution in [0.2, 0.25) is 5.02 Å². The normalized spacial score (nSPS) is 24.4. The molecule has 0 saturated carbocycles. The van der Waals surface area contributed by atoms with Crippen molar-refractivity contribution in [3.05, 3.63) is 34.9 Å². The Morgan fingerprint density at radius 1 is 1.19 bits per heavy atom. The van der Waals surface area contributed by atoms with Crippen LogP contribution in [-0.4, -0.2) is 54.7 Å². The number of nitrogens with zero attached hydrogens (tertiary/aromatic N) is 1. The van der Waals surface area contributed by atoms with Gasteiger partial charge in [0.25, 0.3) is 5.91 Å². The van der Waals surface area contributed by atoms with Gasteiger partial charge in [0.05, 0.1) is 17.2 Å². The Labute approximate surface area is 159 Å². The second-order valence-electron chi connectivity index (χ2n) is 6.85. The summed E-state index contributed by atoms with van der Waals surface area (Å²) in [7, 11) is 0. The van der Waals surface area contributed by atoms with Crippen LogP contribution < -0.4 is 10.6 Å². The Bertz CT molecular complexity index is 641. The zero-order chi connectivity index (χ0) is 18.5. The van der Waals surface area contributed by atoms with Crippen molar-refractivity contribution in [2.24, 2.45) is 0 Å². The number of rotatable bonds is 6. The minimum atomic E-state index is -0.176. The molecule has 3 rings (SSSR count). The third kappa shape index (κ3) is 4.30. The summed E-state index contributed by atoms with van der Waals surface area (Å²) in [6, 6.07) is 7.93. The van der Waals surface area contributed by atoms with Crippen molar-refractivity contribution in [3.8, 4) is 0 Å². The minimum absolute atomic E-state index is 0.158. The molecule has 2 fully saturated rings. The summed E-state index contributed by atoms with van der Waals surface area (Å²) >= 11 is 6.04. The van der Waals surface area contributed by atoms with Crippen LogP contribution in [0, 0.1) is 0 Å². The second-order valence-corrected chi connectivity index (χ2v) is 7.26. The van der Waals surface area contributed by atoms with Crippen molar-refractivity contribution in [1.82, 2.24) is 15.5 Å². The average Bonchev–Trinajstić information content (AvgIpc) is 2.90. The summed E-state index contributed by atoms with van der Waals surface area (Å²) in [5.74, 6) is -0.158. The first-order valence-corrected chi connectivity index (χ1v) is 9.69. The number of carbonyl (C=O) groups is 2. The average molecular weight is 380 g/mol. The first-order chi connectivity index (χ1) is 12.6. The van der Waals surface area contributed by atoms with E-state index in [0.29, 0.717) is 36.3 Å². The highest BCUT2D eigenvalue weighted by molar-refractivity contribution is 6.33. The topological polar surface area (TPSA) is 70.7 Å². The van der Waals surface area contributed by atoms with Crippen LogP contribution in [0.3, 0.4) is 0 Å². The van der Waals surface area contributed by atoms with E-state index >= 15 is 0 Å². The third-order valence-corrected chi connectivity index (χ3v) is 5.50. The molecule has 0 spiro atoms. The van der Waals surface area contributed by atoms with Gasteiger partial charge >= 0.3 is 6.09 Å². The SMILES string of the molecule is CCOC(=O)N1[C@@H]2CC[C@H]1CC(NCCNC(=O)c1ccccc1Cl)C2. The van der Waals surface area contributed by atoms with Crippen LogP contribution in [0.25, 0.3) is 0 Å². The van der Waals surface area contributed by atoms with E-state index in [0.717, 1.165) is 25.7 Å². The van der Waals surface area contributed by atoms with Crippen LogP contribution in [0.15, 0.2) is 24.3 Å². The predicted molar refractivity (Wildman–Crippen MR) is 100 cm³/mol.